The van der Waals surface area contributed by atoms with E-state index in [1.165, 1.54) is 0 Å². The van der Waals surface area contributed by atoms with Crippen molar-refractivity contribution in [1.82, 2.24) is 0 Å². The van der Waals surface area contributed by atoms with Crippen LogP contribution in [0.5, 0.6) is 11.5 Å². The van der Waals surface area contributed by atoms with Gasteiger partial charge in [-0.05, 0) is 38.8 Å². The molecule has 1 N–H and O–H groups in total. The first-order valence-electron chi connectivity index (χ1n) is 7.40. The first-order chi connectivity index (χ1) is 10.0. The average molecular weight is 313 g/mol. The molecule has 1 saturated heterocycles. The molecule has 0 bridgehead atoms. The molecule has 1 unspecified atom stereocenters. The minimum absolute atomic E-state index is 0.0696. The van der Waals surface area contributed by atoms with Crippen LogP contribution in [0.3, 0.4) is 0 Å². The quantitative estimate of drug-likeness (QED) is 0.874. The molecule has 2 rings (SSSR count). The van der Waals surface area contributed by atoms with Crippen molar-refractivity contribution in [3.63, 3.8) is 0 Å². The van der Waals surface area contributed by atoms with Crippen LogP contribution in [0.2, 0.25) is 0 Å². The lowest BCUT2D eigenvalue weighted by Gasteiger charge is -2.25. The molecule has 1 aliphatic heterocycles. The minimum Gasteiger partial charge on any atom is -0.494 e. The molecule has 1 aromatic carbocycles. The van der Waals surface area contributed by atoms with E-state index in [1.54, 1.807) is 0 Å². The molecular formula is C15H23NO4S. The molecule has 1 atom stereocenters. The summed E-state index contributed by atoms with van der Waals surface area (Å²) in [6.07, 6.45) is 1.55. The number of sulfone groups is 1. The van der Waals surface area contributed by atoms with Crippen molar-refractivity contribution in [2.45, 2.75) is 32.7 Å². The second-order valence-corrected chi connectivity index (χ2v) is 7.35. The van der Waals surface area contributed by atoms with Gasteiger partial charge in [0.05, 0.1) is 30.4 Å². The lowest BCUT2D eigenvalue weighted by atomic mass is 10.1. The smallest absolute Gasteiger partial charge is 0.152 e. The monoisotopic (exact) mass is 313 g/mol. The Labute approximate surface area is 126 Å². The highest BCUT2D eigenvalue weighted by molar-refractivity contribution is 7.91. The van der Waals surface area contributed by atoms with E-state index in [9.17, 15) is 8.42 Å². The lowest BCUT2D eigenvalue weighted by molar-refractivity contribution is 0.331. The van der Waals surface area contributed by atoms with Gasteiger partial charge in [0.25, 0.3) is 0 Å². The van der Waals surface area contributed by atoms with Crippen LogP contribution in [0, 0.1) is 0 Å². The maximum absolute atomic E-state index is 11.7. The Morgan fingerprint density at radius 1 is 1.24 bits per heavy atom. The number of anilines is 1. The van der Waals surface area contributed by atoms with Crippen LogP contribution in [0.1, 0.15) is 26.7 Å². The molecule has 0 spiro atoms. The lowest BCUT2D eigenvalue weighted by Crippen LogP contribution is -2.34. The SMILES string of the molecule is CCOc1ccc(OCC)c(NC2CCCS(=O)(=O)C2)c1. The second kappa shape index (κ2) is 7.02. The third-order valence-corrected chi connectivity index (χ3v) is 5.21. The molecule has 1 aliphatic rings. The Kier molecular flexibility index (Phi) is 5.33. The van der Waals surface area contributed by atoms with Crippen molar-refractivity contribution in [3.05, 3.63) is 18.2 Å². The van der Waals surface area contributed by atoms with Crippen LogP contribution in [-0.2, 0) is 9.84 Å². The molecule has 6 heteroatoms. The zero-order valence-electron chi connectivity index (χ0n) is 12.6. The fourth-order valence-corrected chi connectivity index (χ4v) is 4.15. The van der Waals surface area contributed by atoms with Gasteiger partial charge in [-0.2, -0.15) is 0 Å². The normalized spacial score (nSPS) is 20.8. The third-order valence-electron chi connectivity index (χ3n) is 3.38. The van der Waals surface area contributed by atoms with Crippen molar-refractivity contribution in [2.24, 2.45) is 0 Å². The summed E-state index contributed by atoms with van der Waals surface area (Å²) in [5.41, 5.74) is 0.796. The zero-order valence-corrected chi connectivity index (χ0v) is 13.4. The molecule has 0 saturated carbocycles. The molecule has 118 valence electrons. The van der Waals surface area contributed by atoms with Gasteiger partial charge >= 0.3 is 0 Å². The van der Waals surface area contributed by atoms with E-state index in [0.717, 1.165) is 23.6 Å². The van der Waals surface area contributed by atoms with Gasteiger partial charge in [0, 0.05) is 12.1 Å². The third kappa shape index (κ3) is 4.52. The van der Waals surface area contributed by atoms with Crippen LogP contribution < -0.4 is 14.8 Å². The number of nitrogens with one attached hydrogen (secondary N) is 1. The summed E-state index contributed by atoms with van der Waals surface area (Å²) in [4.78, 5) is 0. The molecule has 1 aromatic rings. The maximum atomic E-state index is 11.7. The van der Waals surface area contributed by atoms with Crippen molar-refractivity contribution >= 4 is 15.5 Å². The minimum atomic E-state index is -2.93. The van der Waals surface area contributed by atoms with Crippen LogP contribution >= 0.6 is 0 Å². The molecule has 0 aromatic heterocycles. The number of ether oxygens (including phenoxy) is 2. The summed E-state index contributed by atoms with van der Waals surface area (Å²) in [7, 11) is -2.93. The Balaban J connectivity index is 2.17. The van der Waals surface area contributed by atoms with E-state index in [4.69, 9.17) is 9.47 Å². The van der Waals surface area contributed by atoms with Crippen LogP contribution in [0.15, 0.2) is 18.2 Å². The highest BCUT2D eigenvalue weighted by Gasteiger charge is 2.25. The predicted octanol–water partition coefficient (Wildman–Crippen LogP) is 2.47. The molecular weight excluding hydrogens is 290 g/mol. The first-order valence-corrected chi connectivity index (χ1v) is 9.23. The first kappa shape index (κ1) is 15.9. The van der Waals surface area contributed by atoms with E-state index in [2.05, 4.69) is 5.32 Å². The van der Waals surface area contributed by atoms with Gasteiger partial charge in [0.2, 0.25) is 0 Å². The van der Waals surface area contributed by atoms with E-state index in [1.807, 2.05) is 32.0 Å². The number of rotatable bonds is 6. The zero-order chi connectivity index (χ0) is 15.3. The van der Waals surface area contributed by atoms with E-state index in [0.29, 0.717) is 25.4 Å². The summed E-state index contributed by atoms with van der Waals surface area (Å²) < 4.78 is 34.6. The Bertz CT molecular complexity index is 571. The van der Waals surface area contributed by atoms with E-state index < -0.39 is 9.84 Å². The molecule has 0 amide bonds. The highest BCUT2D eigenvalue weighted by atomic mass is 32.2. The van der Waals surface area contributed by atoms with Crippen LogP contribution in [-0.4, -0.2) is 39.2 Å². The van der Waals surface area contributed by atoms with Gasteiger partial charge in [-0.25, -0.2) is 8.42 Å². The summed E-state index contributed by atoms with van der Waals surface area (Å²) >= 11 is 0. The van der Waals surface area contributed by atoms with Crippen molar-refractivity contribution < 1.29 is 17.9 Å². The fraction of sp³-hybridized carbons (Fsp3) is 0.600. The van der Waals surface area contributed by atoms with Crippen LogP contribution in [0.4, 0.5) is 5.69 Å². The molecule has 0 radical (unpaired) electrons. The van der Waals surface area contributed by atoms with Gasteiger partial charge in [-0.3, -0.25) is 0 Å². The molecule has 0 aliphatic carbocycles. The molecule has 5 nitrogen and oxygen atoms in total. The van der Waals surface area contributed by atoms with Crippen molar-refractivity contribution in [1.29, 1.82) is 0 Å². The number of hydrogen-bond acceptors (Lipinski definition) is 5. The average Bonchev–Trinajstić information content (AvgIpc) is 2.41. The summed E-state index contributed by atoms with van der Waals surface area (Å²) in [6, 6.07) is 5.51. The maximum Gasteiger partial charge on any atom is 0.152 e. The predicted molar refractivity (Wildman–Crippen MR) is 84.1 cm³/mol. The van der Waals surface area contributed by atoms with Gasteiger partial charge in [-0.15, -0.1) is 0 Å². The topological polar surface area (TPSA) is 64.6 Å². The molecule has 21 heavy (non-hydrogen) atoms. The molecule has 1 fully saturated rings. The van der Waals surface area contributed by atoms with E-state index in [-0.39, 0.29) is 11.8 Å². The summed E-state index contributed by atoms with van der Waals surface area (Å²) in [6.45, 7) is 5.00. The van der Waals surface area contributed by atoms with Gasteiger partial charge in [0.15, 0.2) is 9.84 Å². The fourth-order valence-electron chi connectivity index (χ4n) is 2.52. The largest absolute Gasteiger partial charge is 0.494 e. The summed E-state index contributed by atoms with van der Waals surface area (Å²) in [5.74, 6) is 1.95. The van der Waals surface area contributed by atoms with Crippen LogP contribution in [0.25, 0.3) is 0 Å². The second-order valence-electron chi connectivity index (χ2n) is 5.12. The van der Waals surface area contributed by atoms with Crippen molar-refractivity contribution in [3.8, 4) is 11.5 Å². The van der Waals surface area contributed by atoms with E-state index >= 15 is 0 Å². The Morgan fingerprint density at radius 2 is 2.00 bits per heavy atom. The number of benzene rings is 1. The highest BCUT2D eigenvalue weighted by Crippen LogP contribution is 2.31. The van der Waals surface area contributed by atoms with Gasteiger partial charge in [0.1, 0.15) is 11.5 Å². The van der Waals surface area contributed by atoms with Gasteiger partial charge < -0.3 is 14.8 Å². The standard InChI is InChI=1S/C15H23NO4S/c1-3-19-13-7-8-15(20-4-2)14(10-13)16-12-6-5-9-21(17,18)11-12/h7-8,10,12,16H,3-6,9,11H2,1-2H3. The number of hydrogen-bond donors (Lipinski definition) is 1. The summed E-state index contributed by atoms with van der Waals surface area (Å²) in [5, 5.41) is 3.30. The Morgan fingerprint density at radius 3 is 2.67 bits per heavy atom. The van der Waals surface area contributed by atoms with Crippen molar-refractivity contribution in [2.75, 3.05) is 30.0 Å². The van der Waals surface area contributed by atoms with Gasteiger partial charge in [-0.1, -0.05) is 0 Å². The Hall–Kier alpha value is -1.43. The molecule has 1 heterocycles.